The Balaban J connectivity index is 1.51. The van der Waals surface area contributed by atoms with E-state index >= 15 is 4.39 Å². The van der Waals surface area contributed by atoms with Crippen LogP contribution in [-0.2, 0) is 13.0 Å². The van der Waals surface area contributed by atoms with Gasteiger partial charge in [0.05, 0.1) is 22.2 Å². The first-order chi connectivity index (χ1) is 20.2. The molecular formula is C32H37ClFN7O. The standard InChI is InChI=1S/C32H37ClFN7O/c1-4-24(36)8-6-7-22-15-27(30(34)28(33)16-22)29-17-23-19-41(32(42)40-31(23)39-29)26-11-9-21(10-12-26)18-38-25(5-2)13-14-37-20(3)35/h4-5,9-12,15-17,19,24-25,38H,1-2,6-8,13-14,18,36H2,3H3,(H2,35,37)(H,39,40,42)/t24-,25+/m1/s1. The van der Waals surface area contributed by atoms with Crippen LogP contribution in [0.15, 0.2) is 78.8 Å². The second kappa shape index (κ2) is 14.2. The van der Waals surface area contributed by atoms with Crippen LogP contribution < -0.4 is 22.1 Å². The first kappa shape index (κ1) is 30.9. The minimum atomic E-state index is -0.533. The summed E-state index contributed by atoms with van der Waals surface area (Å²) in [6.45, 7) is 10.6. The van der Waals surface area contributed by atoms with Crippen molar-refractivity contribution in [2.75, 3.05) is 6.54 Å². The van der Waals surface area contributed by atoms with Gasteiger partial charge in [-0.2, -0.15) is 4.98 Å². The van der Waals surface area contributed by atoms with Crippen molar-refractivity contribution >= 4 is 28.5 Å². The summed E-state index contributed by atoms with van der Waals surface area (Å²) in [5.41, 5.74) is 9.26. The van der Waals surface area contributed by atoms with Gasteiger partial charge in [-0.05, 0) is 74.1 Å². The molecule has 0 aliphatic heterocycles. The summed E-state index contributed by atoms with van der Waals surface area (Å²) in [5, 5.41) is 14.6. The average molecular weight is 590 g/mol. The minimum Gasteiger partial charge on any atom is -0.374 e. The van der Waals surface area contributed by atoms with Gasteiger partial charge < -0.3 is 21.4 Å². The molecule has 2 aromatic carbocycles. The zero-order valence-corrected chi connectivity index (χ0v) is 24.5. The number of nitrogens with two attached hydrogens (primary N) is 1. The van der Waals surface area contributed by atoms with Gasteiger partial charge in [0.2, 0.25) is 0 Å². The number of hydrogen-bond acceptors (Lipinski definition) is 5. The zero-order chi connectivity index (χ0) is 30.2. The second-order valence-corrected chi connectivity index (χ2v) is 10.7. The molecule has 0 radical (unpaired) electrons. The van der Waals surface area contributed by atoms with Crippen LogP contribution in [0.3, 0.4) is 0 Å². The number of H-pyrrole nitrogens is 1. The van der Waals surface area contributed by atoms with Crippen LogP contribution in [0.25, 0.3) is 28.0 Å². The number of aromatic amines is 1. The van der Waals surface area contributed by atoms with Gasteiger partial charge in [-0.1, -0.05) is 35.9 Å². The van der Waals surface area contributed by atoms with E-state index < -0.39 is 11.5 Å². The normalized spacial score (nSPS) is 12.7. The second-order valence-electron chi connectivity index (χ2n) is 10.3. The molecule has 0 aliphatic rings. The van der Waals surface area contributed by atoms with Crippen molar-refractivity contribution in [1.82, 2.24) is 25.2 Å². The highest BCUT2D eigenvalue weighted by Gasteiger charge is 2.16. The molecule has 0 bridgehead atoms. The monoisotopic (exact) mass is 589 g/mol. The van der Waals surface area contributed by atoms with Crippen LogP contribution in [-0.4, -0.2) is 39.0 Å². The van der Waals surface area contributed by atoms with E-state index in [-0.39, 0.29) is 17.1 Å². The predicted octanol–water partition coefficient (Wildman–Crippen LogP) is 5.63. The van der Waals surface area contributed by atoms with Crippen molar-refractivity contribution in [2.45, 2.75) is 51.2 Å². The van der Waals surface area contributed by atoms with Gasteiger partial charge in [0.1, 0.15) is 5.65 Å². The molecule has 2 aromatic heterocycles. The van der Waals surface area contributed by atoms with Crippen molar-refractivity contribution in [3.05, 3.63) is 106 Å². The van der Waals surface area contributed by atoms with E-state index in [0.29, 0.717) is 53.3 Å². The Morgan fingerprint density at radius 1 is 1.19 bits per heavy atom. The van der Waals surface area contributed by atoms with Gasteiger partial charge in [0.15, 0.2) is 5.82 Å². The highest BCUT2D eigenvalue weighted by Crippen LogP contribution is 2.31. The molecule has 0 amide bonds. The number of nitrogens with one attached hydrogen (secondary N) is 4. The molecule has 4 aromatic rings. The SMILES string of the molecule is C=C[C@@H](N)CCCc1cc(Cl)c(F)c(-c2cc3cn(-c4ccc(CN[C@@H](C=C)CCNC(C)=N)cc4)c(=O)nc3[nH]2)c1. The molecule has 2 atom stereocenters. The first-order valence-corrected chi connectivity index (χ1v) is 14.3. The summed E-state index contributed by atoms with van der Waals surface area (Å²) < 4.78 is 16.6. The van der Waals surface area contributed by atoms with E-state index in [1.54, 1.807) is 37.4 Å². The Labute approximate surface area is 250 Å². The molecule has 2 heterocycles. The van der Waals surface area contributed by atoms with E-state index in [1.807, 2.05) is 30.3 Å². The summed E-state index contributed by atoms with van der Waals surface area (Å²) >= 11 is 6.24. The van der Waals surface area contributed by atoms with Gasteiger partial charge >= 0.3 is 5.69 Å². The average Bonchev–Trinajstić information content (AvgIpc) is 3.38. The molecule has 0 saturated heterocycles. The molecular weight excluding hydrogens is 553 g/mol. The zero-order valence-electron chi connectivity index (χ0n) is 23.7. The van der Waals surface area contributed by atoms with Crippen LogP contribution in [0.4, 0.5) is 4.39 Å². The molecule has 0 aliphatic carbocycles. The van der Waals surface area contributed by atoms with Crippen LogP contribution in [0.5, 0.6) is 0 Å². The summed E-state index contributed by atoms with van der Waals surface area (Å²) in [6, 6.07) is 12.8. The van der Waals surface area contributed by atoms with Crippen LogP contribution in [0, 0.1) is 11.2 Å². The molecule has 0 saturated carbocycles. The van der Waals surface area contributed by atoms with E-state index in [2.05, 4.69) is 33.8 Å². The smallest absolute Gasteiger partial charge is 0.354 e. The highest BCUT2D eigenvalue weighted by molar-refractivity contribution is 6.31. The summed E-state index contributed by atoms with van der Waals surface area (Å²) in [6.07, 6.45) is 8.36. The van der Waals surface area contributed by atoms with Gasteiger partial charge in [-0.25, -0.2) is 9.18 Å². The van der Waals surface area contributed by atoms with Crippen molar-refractivity contribution in [1.29, 1.82) is 5.41 Å². The molecule has 0 fully saturated rings. The lowest BCUT2D eigenvalue weighted by Crippen LogP contribution is -2.31. The maximum atomic E-state index is 15.1. The maximum Gasteiger partial charge on any atom is 0.354 e. The number of aryl methyl sites for hydroxylation is 1. The molecule has 220 valence electrons. The van der Waals surface area contributed by atoms with Crippen molar-refractivity contribution in [3.63, 3.8) is 0 Å². The molecule has 4 rings (SSSR count). The summed E-state index contributed by atoms with van der Waals surface area (Å²) in [7, 11) is 0. The highest BCUT2D eigenvalue weighted by atomic mass is 35.5. The van der Waals surface area contributed by atoms with Gasteiger partial charge in [0, 0.05) is 42.3 Å². The Morgan fingerprint density at radius 2 is 1.95 bits per heavy atom. The number of hydrogen-bond donors (Lipinski definition) is 5. The Morgan fingerprint density at radius 3 is 2.64 bits per heavy atom. The number of rotatable bonds is 14. The lowest BCUT2D eigenvalue weighted by atomic mass is 10.0. The molecule has 8 nitrogen and oxygen atoms in total. The molecule has 10 heteroatoms. The minimum absolute atomic E-state index is 0.0360. The van der Waals surface area contributed by atoms with E-state index in [1.165, 1.54) is 4.57 Å². The van der Waals surface area contributed by atoms with Crippen LogP contribution in [0.2, 0.25) is 5.02 Å². The van der Waals surface area contributed by atoms with E-state index in [4.69, 9.17) is 22.7 Å². The van der Waals surface area contributed by atoms with Gasteiger partial charge in [0.25, 0.3) is 0 Å². The topological polar surface area (TPSA) is 125 Å². The van der Waals surface area contributed by atoms with Crippen LogP contribution in [0.1, 0.15) is 37.3 Å². The quantitative estimate of drug-likeness (QED) is 0.0740. The lowest BCUT2D eigenvalue weighted by molar-refractivity contribution is 0.551. The fourth-order valence-electron chi connectivity index (χ4n) is 4.71. The molecule has 0 spiro atoms. The van der Waals surface area contributed by atoms with Crippen molar-refractivity contribution in [3.8, 4) is 16.9 Å². The lowest BCUT2D eigenvalue weighted by Gasteiger charge is -2.15. The largest absolute Gasteiger partial charge is 0.374 e. The number of fused-ring (bicyclic) bond motifs is 1. The number of halogens is 2. The number of benzene rings is 2. The van der Waals surface area contributed by atoms with E-state index in [9.17, 15) is 4.79 Å². The maximum absolute atomic E-state index is 15.1. The third kappa shape index (κ3) is 7.82. The third-order valence-electron chi connectivity index (χ3n) is 7.10. The molecule has 0 unspecified atom stereocenters. The fraction of sp³-hybridized carbons (Fsp3) is 0.281. The number of aromatic nitrogens is 3. The van der Waals surface area contributed by atoms with E-state index in [0.717, 1.165) is 30.4 Å². The predicted molar refractivity (Wildman–Crippen MR) is 170 cm³/mol. The third-order valence-corrected chi connectivity index (χ3v) is 7.38. The van der Waals surface area contributed by atoms with Crippen LogP contribution >= 0.6 is 11.6 Å². The Bertz CT molecular complexity index is 1630. The molecule has 42 heavy (non-hydrogen) atoms. The summed E-state index contributed by atoms with van der Waals surface area (Å²) in [5.74, 6) is -0.0941. The van der Waals surface area contributed by atoms with Crippen molar-refractivity contribution in [2.24, 2.45) is 5.73 Å². The first-order valence-electron chi connectivity index (χ1n) is 13.9. The van der Waals surface area contributed by atoms with Crippen molar-refractivity contribution < 1.29 is 4.39 Å². The Hall–Kier alpha value is -4.05. The fourth-order valence-corrected chi connectivity index (χ4v) is 4.95. The molecule has 6 N–H and O–H groups in total. The van der Waals surface area contributed by atoms with Gasteiger partial charge in [-0.15, -0.1) is 13.2 Å². The summed E-state index contributed by atoms with van der Waals surface area (Å²) in [4.78, 5) is 20.2. The number of nitrogens with zero attached hydrogens (tertiary/aromatic N) is 2. The Kier molecular flexibility index (Phi) is 10.5. The number of amidine groups is 1. The van der Waals surface area contributed by atoms with Gasteiger partial charge in [-0.3, -0.25) is 9.98 Å².